The molecule has 0 aliphatic heterocycles. The monoisotopic (exact) mass is 309 g/mol. The number of nitrogens with one attached hydrogen (secondary N) is 2. The van der Waals surface area contributed by atoms with Crippen LogP contribution >= 0.6 is 11.6 Å². The molecule has 1 aliphatic carbocycles. The average Bonchev–Trinajstić information content (AvgIpc) is 3.20. The van der Waals surface area contributed by atoms with Gasteiger partial charge in [-0.2, -0.15) is 0 Å². The minimum absolute atomic E-state index is 0.0218. The third-order valence-electron chi connectivity index (χ3n) is 3.45. The molecule has 2 rings (SSSR count). The maximum absolute atomic E-state index is 11.9. The number of halogens is 1. The SMILES string of the molecule is CC(C)NC(=O)CN(C)c1cc(Cl)ccc1CNC1CC1. The number of amides is 1. The number of likely N-dealkylation sites (N-methyl/N-ethyl adjacent to an activating group) is 1. The lowest BCUT2D eigenvalue weighted by Gasteiger charge is -2.23. The summed E-state index contributed by atoms with van der Waals surface area (Å²) in [5, 5.41) is 7.10. The second-order valence-corrected chi connectivity index (χ2v) is 6.44. The van der Waals surface area contributed by atoms with Crippen molar-refractivity contribution in [1.29, 1.82) is 0 Å². The second-order valence-electron chi connectivity index (χ2n) is 6.01. The molecule has 0 radical (unpaired) electrons. The van der Waals surface area contributed by atoms with Crippen LogP contribution in [0.5, 0.6) is 0 Å². The first-order chi connectivity index (χ1) is 9.95. The molecule has 0 bridgehead atoms. The van der Waals surface area contributed by atoms with Gasteiger partial charge in [0.05, 0.1) is 6.54 Å². The summed E-state index contributed by atoms with van der Waals surface area (Å²) in [5.41, 5.74) is 2.18. The number of nitrogens with zero attached hydrogens (tertiary/aromatic N) is 1. The van der Waals surface area contributed by atoms with Crippen LogP contribution in [-0.2, 0) is 11.3 Å². The van der Waals surface area contributed by atoms with Crippen LogP contribution in [0.2, 0.25) is 5.02 Å². The summed E-state index contributed by atoms with van der Waals surface area (Å²) in [6.45, 7) is 5.06. The van der Waals surface area contributed by atoms with Gasteiger partial charge in [0, 0.05) is 36.4 Å². The lowest BCUT2D eigenvalue weighted by atomic mass is 10.1. The minimum Gasteiger partial charge on any atom is -0.365 e. The Balaban J connectivity index is 2.04. The van der Waals surface area contributed by atoms with Gasteiger partial charge in [-0.1, -0.05) is 17.7 Å². The molecule has 2 N–H and O–H groups in total. The number of carbonyl (C=O) groups excluding carboxylic acids is 1. The smallest absolute Gasteiger partial charge is 0.239 e. The molecule has 0 spiro atoms. The van der Waals surface area contributed by atoms with E-state index >= 15 is 0 Å². The van der Waals surface area contributed by atoms with Gasteiger partial charge in [0.1, 0.15) is 0 Å². The van der Waals surface area contributed by atoms with Crippen molar-refractivity contribution in [2.75, 3.05) is 18.5 Å². The number of hydrogen-bond acceptors (Lipinski definition) is 3. The van der Waals surface area contributed by atoms with Gasteiger partial charge in [-0.25, -0.2) is 0 Å². The summed E-state index contributed by atoms with van der Waals surface area (Å²) in [5.74, 6) is 0.0218. The van der Waals surface area contributed by atoms with Crippen LogP contribution in [0.3, 0.4) is 0 Å². The number of hydrogen-bond donors (Lipinski definition) is 2. The molecule has 0 saturated heterocycles. The molecule has 1 aromatic carbocycles. The Hall–Kier alpha value is -1.26. The van der Waals surface area contributed by atoms with E-state index in [2.05, 4.69) is 10.6 Å². The molecule has 21 heavy (non-hydrogen) atoms. The molecular formula is C16H24ClN3O. The molecule has 1 aromatic rings. The van der Waals surface area contributed by atoms with E-state index in [1.165, 1.54) is 18.4 Å². The fourth-order valence-corrected chi connectivity index (χ4v) is 2.42. The van der Waals surface area contributed by atoms with Crippen LogP contribution in [0.15, 0.2) is 18.2 Å². The summed E-state index contributed by atoms with van der Waals surface area (Å²) >= 11 is 6.11. The van der Waals surface area contributed by atoms with Gasteiger partial charge >= 0.3 is 0 Å². The van der Waals surface area contributed by atoms with E-state index in [0.29, 0.717) is 17.6 Å². The fourth-order valence-electron chi connectivity index (χ4n) is 2.25. The molecule has 4 nitrogen and oxygen atoms in total. The Labute approximate surface area is 131 Å². The highest BCUT2D eigenvalue weighted by atomic mass is 35.5. The van der Waals surface area contributed by atoms with Crippen LogP contribution in [0.1, 0.15) is 32.3 Å². The van der Waals surface area contributed by atoms with E-state index in [1.54, 1.807) is 0 Å². The van der Waals surface area contributed by atoms with Crippen LogP contribution in [-0.4, -0.2) is 31.6 Å². The Bertz CT molecular complexity index is 500. The van der Waals surface area contributed by atoms with Crippen molar-refractivity contribution in [3.05, 3.63) is 28.8 Å². The van der Waals surface area contributed by atoms with E-state index in [0.717, 1.165) is 12.2 Å². The average molecular weight is 310 g/mol. The molecule has 116 valence electrons. The molecule has 0 aromatic heterocycles. The van der Waals surface area contributed by atoms with E-state index in [1.807, 2.05) is 44.0 Å². The van der Waals surface area contributed by atoms with Crippen LogP contribution in [0.4, 0.5) is 5.69 Å². The third kappa shape index (κ3) is 5.21. The Morgan fingerprint density at radius 2 is 2.14 bits per heavy atom. The van der Waals surface area contributed by atoms with Crippen molar-refractivity contribution in [2.24, 2.45) is 0 Å². The molecular weight excluding hydrogens is 286 g/mol. The predicted molar refractivity (Wildman–Crippen MR) is 87.9 cm³/mol. The van der Waals surface area contributed by atoms with Gasteiger partial charge < -0.3 is 15.5 Å². The first-order valence-electron chi connectivity index (χ1n) is 7.48. The maximum Gasteiger partial charge on any atom is 0.239 e. The summed E-state index contributed by atoms with van der Waals surface area (Å²) in [6, 6.07) is 6.67. The van der Waals surface area contributed by atoms with E-state index < -0.39 is 0 Å². The zero-order valence-corrected chi connectivity index (χ0v) is 13.7. The largest absolute Gasteiger partial charge is 0.365 e. The Kier molecular flexibility index (Phi) is 5.48. The molecule has 1 saturated carbocycles. The van der Waals surface area contributed by atoms with Crippen molar-refractivity contribution < 1.29 is 4.79 Å². The number of rotatable bonds is 7. The van der Waals surface area contributed by atoms with E-state index in [4.69, 9.17) is 11.6 Å². The number of carbonyl (C=O) groups is 1. The Morgan fingerprint density at radius 1 is 1.43 bits per heavy atom. The number of benzene rings is 1. The van der Waals surface area contributed by atoms with E-state index in [-0.39, 0.29) is 11.9 Å². The molecule has 0 atom stereocenters. The molecule has 5 heteroatoms. The molecule has 1 amide bonds. The zero-order chi connectivity index (χ0) is 15.4. The molecule has 0 heterocycles. The van der Waals surface area contributed by atoms with Crippen LogP contribution in [0.25, 0.3) is 0 Å². The lowest BCUT2D eigenvalue weighted by molar-refractivity contribution is -0.120. The molecule has 1 aliphatic rings. The second kappa shape index (κ2) is 7.14. The first-order valence-corrected chi connectivity index (χ1v) is 7.86. The van der Waals surface area contributed by atoms with Crippen molar-refractivity contribution in [3.63, 3.8) is 0 Å². The molecule has 0 unspecified atom stereocenters. The van der Waals surface area contributed by atoms with Gasteiger partial charge in [0.2, 0.25) is 5.91 Å². The van der Waals surface area contributed by atoms with Crippen LogP contribution in [0, 0.1) is 0 Å². The van der Waals surface area contributed by atoms with Gasteiger partial charge in [0.25, 0.3) is 0 Å². The summed E-state index contributed by atoms with van der Waals surface area (Å²) in [7, 11) is 1.92. The van der Waals surface area contributed by atoms with Crippen molar-refractivity contribution in [2.45, 2.75) is 45.3 Å². The highest BCUT2D eigenvalue weighted by Gasteiger charge is 2.21. The topological polar surface area (TPSA) is 44.4 Å². The summed E-state index contributed by atoms with van der Waals surface area (Å²) in [6.07, 6.45) is 2.52. The summed E-state index contributed by atoms with van der Waals surface area (Å²) in [4.78, 5) is 13.9. The van der Waals surface area contributed by atoms with Gasteiger partial charge in [0.15, 0.2) is 0 Å². The van der Waals surface area contributed by atoms with Crippen molar-refractivity contribution in [3.8, 4) is 0 Å². The standard InChI is InChI=1S/C16H24ClN3O/c1-11(2)19-16(21)10-20(3)15-8-13(17)5-4-12(15)9-18-14-6-7-14/h4-5,8,11,14,18H,6-7,9-10H2,1-3H3,(H,19,21). The van der Waals surface area contributed by atoms with Gasteiger partial charge in [-0.3, -0.25) is 4.79 Å². The zero-order valence-electron chi connectivity index (χ0n) is 12.9. The minimum atomic E-state index is 0.0218. The predicted octanol–water partition coefficient (Wildman–Crippen LogP) is 2.55. The lowest BCUT2D eigenvalue weighted by Crippen LogP contribution is -2.39. The van der Waals surface area contributed by atoms with Gasteiger partial charge in [-0.05, 0) is 44.4 Å². The first kappa shape index (κ1) is 16.1. The Morgan fingerprint density at radius 3 is 2.76 bits per heavy atom. The maximum atomic E-state index is 11.9. The number of anilines is 1. The van der Waals surface area contributed by atoms with E-state index in [9.17, 15) is 4.79 Å². The highest BCUT2D eigenvalue weighted by molar-refractivity contribution is 6.30. The van der Waals surface area contributed by atoms with Crippen molar-refractivity contribution >= 4 is 23.2 Å². The van der Waals surface area contributed by atoms with Crippen molar-refractivity contribution in [1.82, 2.24) is 10.6 Å². The van der Waals surface area contributed by atoms with Gasteiger partial charge in [-0.15, -0.1) is 0 Å². The molecule has 1 fully saturated rings. The normalized spacial score (nSPS) is 14.3. The quantitative estimate of drug-likeness (QED) is 0.813. The fraction of sp³-hybridized carbons (Fsp3) is 0.562. The third-order valence-corrected chi connectivity index (χ3v) is 3.68. The summed E-state index contributed by atoms with van der Waals surface area (Å²) < 4.78 is 0. The highest BCUT2D eigenvalue weighted by Crippen LogP contribution is 2.26. The van der Waals surface area contributed by atoms with Crippen LogP contribution < -0.4 is 15.5 Å².